The molecule has 3 heterocycles. The SMILES string of the molecule is Cc1noc(C)c1CNc1cnc2n[nH]c(C)c2c1. The number of H-pyrrole nitrogens is 1. The molecule has 0 unspecified atom stereocenters. The molecule has 2 N–H and O–H groups in total. The Morgan fingerprint density at radius 2 is 2.16 bits per heavy atom. The predicted octanol–water partition coefficient (Wildman–Crippen LogP) is 2.48. The fourth-order valence-electron chi connectivity index (χ4n) is 2.06. The Balaban J connectivity index is 1.84. The molecule has 0 atom stereocenters. The Hall–Kier alpha value is -2.37. The molecule has 0 spiro atoms. The summed E-state index contributed by atoms with van der Waals surface area (Å²) < 4.78 is 5.14. The van der Waals surface area contributed by atoms with Crippen LogP contribution in [0.15, 0.2) is 16.8 Å². The number of aromatic nitrogens is 4. The highest BCUT2D eigenvalue weighted by molar-refractivity contribution is 5.80. The molecule has 0 aliphatic heterocycles. The van der Waals surface area contributed by atoms with E-state index >= 15 is 0 Å². The van der Waals surface area contributed by atoms with Gasteiger partial charge in [0.05, 0.1) is 17.6 Å². The number of nitrogens with zero attached hydrogens (tertiary/aromatic N) is 3. The molecule has 0 aromatic carbocycles. The van der Waals surface area contributed by atoms with Crippen molar-refractivity contribution in [1.82, 2.24) is 20.3 Å². The number of rotatable bonds is 3. The van der Waals surface area contributed by atoms with Gasteiger partial charge in [0.1, 0.15) is 5.76 Å². The van der Waals surface area contributed by atoms with Gasteiger partial charge in [-0.25, -0.2) is 4.98 Å². The second kappa shape index (κ2) is 4.38. The summed E-state index contributed by atoms with van der Waals surface area (Å²) in [5, 5.41) is 15.3. The number of anilines is 1. The molecule has 3 aromatic heterocycles. The number of nitrogens with one attached hydrogen (secondary N) is 2. The first kappa shape index (κ1) is 11.7. The molecule has 0 bridgehead atoms. The highest BCUT2D eigenvalue weighted by atomic mass is 16.5. The van der Waals surface area contributed by atoms with Gasteiger partial charge < -0.3 is 9.84 Å². The fraction of sp³-hybridized carbons (Fsp3) is 0.308. The molecule has 0 saturated carbocycles. The van der Waals surface area contributed by atoms with Crippen LogP contribution in [0.4, 0.5) is 5.69 Å². The van der Waals surface area contributed by atoms with Crippen LogP contribution in [0.5, 0.6) is 0 Å². The van der Waals surface area contributed by atoms with Gasteiger partial charge in [0.2, 0.25) is 0 Å². The molecule has 0 fully saturated rings. The van der Waals surface area contributed by atoms with Crippen molar-refractivity contribution in [3.05, 3.63) is 35.0 Å². The van der Waals surface area contributed by atoms with E-state index in [4.69, 9.17) is 4.52 Å². The van der Waals surface area contributed by atoms with Crippen LogP contribution in [0, 0.1) is 20.8 Å². The summed E-state index contributed by atoms with van der Waals surface area (Å²) in [5.74, 6) is 0.846. The smallest absolute Gasteiger partial charge is 0.181 e. The third kappa shape index (κ3) is 2.05. The van der Waals surface area contributed by atoms with E-state index in [0.717, 1.165) is 39.4 Å². The number of hydrogen-bond donors (Lipinski definition) is 2. The molecule has 0 aliphatic carbocycles. The lowest BCUT2D eigenvalue weighted by Gasteiger charge is -2.05. The zero-order valence-electron chi connectivity index (χ0n) is 11.1. The van der Waals surface area contributed by atoms with Crippen molar-refractivity contribution in [2.75, 3.05) is 5.32 Å². The minimum absolute atomic E-state index is 0.672. The Morgan fingerprint density at radius 3 is 2.89 bits per heavy atom. The lowest BCUT2D eigenvalue weighted by Crippen LogP contribution is -2.01. The minimum atomic E-state index is 0.672. The maximum Gasteiger partial charge on any atom is 0.181 e. The Bertz CT molecular complexity index is 708. The van der Waals surface area contributed by atoms with Crippen LogP contribution < -0.4 is 5.32 Å². The number of hydrogen-bond acceptors (Lipinski definition) is 5. The molecule has 3 aromatic rings. The number of aromatic amines is 1. The highest BCUT2D eigenvalue weighted by Crippen LogP contribution is 2.19. The number of aryl methyl sites for hydroxylation is 3. The topological polar surface area (TPSA) is 79.6 Å². The Labute approximate surface area is 110 Å². The minimum Gasteiger partial charge on any atom is -0.379 e. The summed E-state index contributed by atoms with van der Waals surface area (Å²) >= 11 is 0. The first-order chi connectivity index (χ1) is 9.15. The molecular weight excluding hydrogens is 242 g/mol. The second-order valence-electron chi connectivity index (χ2n) is 4.60. The van der Waals surface area contributed by atoms with Gasteiger partial charge in [0.15, 0.2) is 5.65 Å². The lowest BCUT2D eigenvalue weighted by atomic mass is 10.2. The standard InChI is InChI=1S/C13H15N5O/c1-7-11-4-10(5-15-13(11)17-16-7)14-6-12-8(2)18-19-9(12)3/h4-5,14H,6H2,1-3H3,(H,15,16,17). The van der Waals surface area contributed by atoms with E-state index in [1.165, 1.54) is 0 Å². The van der Waals surface area contributed by atoms with Gasteiger partial charge >= 0.3 is 0 Å². The first-order valence-electron chi connectivity index (χ1n) is 6.11. The van der Waals surface area contributed by atoms with Crippen molar-refractivity contribution in [2.24, 2.45) is 0 Å². The van der Waals surface area contributed by atoms with E-state index in [1.807, 2.05) is 26.8 Å². The second-order valence-corrected chi connectivity index (χ2v) is 4.60. The van der Waals surface area contributed by atoms with E-state index in [2.05, 4.69) is 25.7 Å². The van der Waals surface area contributed by atoms with Crippen molar-refractivity contribution in [3.63, 3.8) is 0 Å². The van der Waals surface area contributed by atoms with Crippen LogP contribution in [0.1, 0.15) is 22.7 Å². The fourth-order valence-corrected chi connectivity index (χ4v) is 2.06. The van der Waals surface area contributed by atoms with Gasteiger partial charge in [0, 0.05) is 23.2 Å². The summed E-state index contributed by atoms with van der Waals surface area (Å²) in [6, 6.07) is 2.04. The highest BCUT2D eigenvalue weighted by Gasteiger charge is 2.09. The predicted molar refractivity (Wildman–Crippen MR) is 71.9 cm³/mol. The van der Waals surface area contributed by atoms with Gasteiger partial charge in [-0.3, -0.25) is 5.10 Å². The molecule has 0 aliphatic rings. The van der Waals surface area contributed by atoms with E-state index in [-0.39, 0.29) is 0 Å². The monoisotopic (exact) mass is 257 g/mol. The average molecular weight is 257 g/mol. The summed E-state index contributed by atoms with van der Waals surface area (Å²) in [7, 11) is 0. The van der Waals surface area contributed by atoms with Crippen LogP contribution in [0.3, 0.4) is 0 Å². The van der Waals surface area contributed by atoms with E-state index in [9.17, 15) is 0 Å². The van der Waals surface area contributed by atoms with Crippen molar-refractivity contribution in [1.29, 1.82) is 0 Å². The van der Waals surface area contributed by atoms with Gasteiger partial charge in [-0.2, -0.15) is 5.10 Å². The van der Waals surface area contributed by atoms with Crippen LogP contribution in [0.25, 0.3) is 11.0 Å². The number of pyridine rings is 1. The van der Waals surface area contributed by atoms with Crippen LogP contribution in [-0.4, -0.2) is 20.3 Å². The molecular formula is C13H15N5O. The Morgan fingerprint density at radius 1 is 1.32 bits per heavy atom. The summed E-state index contributed by atoms with van der Waals surface area (Å²) in [6.07, 6.45) is 1.78. The largest absolute Gasteiger partial charge is 0.379 e. The van der Waals surface area contributed by atoms with E-state index < -0.39 is 0 Å². The first-order valence-corrected chi connectivity index (χ1v) is 6.11. The molecule has 0 radical (unpaired) electrons. The average Bonchev–Trinajstić information content (AvgIpc) is 2.92. The molecule has 98 valence electrons. The zero-order valence-corrected chi connectivity index (χ0v) is 11.1. The number of fused-ring (bicyclic) bond motifs is 1. The van der Waals surface area contributed by atoms with Gasteiger partial charge in [0.25, 0.3) is 0 Å². The van der Waals surface area contributed by atoms with Crippen LogP contribution in [0.2, 0.25) is 0 Å². The van der Waals surface area contributed by atoms with Gasteiger partial charge in [-0.1, -0.05) is 5.16 Å². The van der Waals surface area contributed by atoms with Gasteiger partial charge in [-0.15, -0.1) is 0 Å². The normalized spacial score (nSPS) is 11.1. The van der Waals surface area contributed by atoms with Crippen molar-refractivity contribution < 1.29 is 4.52 Å². The maximum atomic E-state index is 5.14. The van der Waals surface area contributed by atoms with Crippen LogP contribution >= 0.6 is 0 Å². The summed E-state index contributed by atoms with van der Waals surface area (Å²) in [5.41, 5.74) is 4.71. The zero-order chi connectivity index (χ0) is 13.4. The molecule has 19 heavy (non-hydrogen) atoms. The molecule has 6 heteroatoms. The third-order valence-corrected chi connectivity index (χ3v) is 3.25. The molecule has 0 saturated heterocycles. The Kier molecular flexibility index (Phi) is 2.70. The molecule has 6 nitrogen and oxygen atoms in total. The summed E-state index contributed by atoms with van der Waals surface area (Å²) in [4.78, 5) is 4.30. The third-order valence-electron chi connectivity index (χ3n) is 3.25. The van der Waals surface area contributed by atoms with Crippen molar-refractivity contribution in [2.45, 2.75) is 27.3 Å². The van der Waals surface area contributed by atoms with E-state index in [1.54, 1.807) is 6.20 Å². The summed E-state index contributed by atoms with van der Waals surface area (Å²) in [6.45, 7) is 6.51. The van der Waals surface area contributed by atoms with Gasteiger partial charge in [-0.05, 0) is 26.8 Å². The molecule has 3 rings (SSSR count). The molecule has 0 amide bonds. The quantitative estimate of drug-likeness (QED) is 0.753. The van der Waals surface area contributed by atoms with Crippen molar-refractivity contribution >= 4 is 16.7 Å². The maximum absolute atomic E-state index is 5.14. The van der Waals surface area contributed by atoms with Crippen molar-refractivity contribution in [3.8, 4) is 0 Å². The van der Waals surface area contributed by atoms with E-state index in [0.29, 0.717) is 6.54 Å². The van der Waals surface area contributed by atoms with Crippen LogP contribution in [-0.2, 0) is 6.54 Å². The lowest BCUT2D eigenvalue weighted by molar-refractivity contribution is 0.392.